The molecular weight excluding hydrogens is 309 g/mol. The van der Waals surface area contributed by atoms with Gasteiger partial charge in [0.25, 0.3) is 0 Å². The number of anilines is 1. The number of hydrogen-bond acceptors (Lipinski definition) is 1. The summed E-state index contributed by atoms with van der Waals surface area (Å²) >= 11 is 5.17. The van der Waals surface area contributed by atoms with E-state index in [0.717, 1.165) is 17.7 Å². The highest BCUT2D eigenvalue weighted by atomic mass is 32.1. The Morgan fingerprint density at radius 2 is 1.59 bits per heavy atom. The number of thiocarbonyl (C=S) groups is 1. The third-order valence-electron chi connectivity index (χ3n) is 3.12. The summed E-state index contributed by atoms with van der Waals surface area (Å²) in [6.45, 7) is 1.95. The quantitative estimate of drug-likeness (QED) is 0.797. The van der Waals surface area contributed by atoms with E-state index < -0.39 is 11.7 Å². The number of nitrogens with one attached hydrogen (secondary N) is 2. The number of halogens is 3. The number of hydrogen-bond donors (Lipinski definition) is 2. The molecule has 0 amide bonds. The van der Waals surface area contributed by atoms with Gasteiger partial charge in [-0.3, -0.25) is 0 Å². The summed E-state index contributed by atoms with van der Waals surface area (Å²) in [6, 6.07) is 14.5. The zero-order chi connectivity index (χ0) is 16.2. The lowest BCUT2D eigenvalue weighted by Gasteiger charge is -2.17. The second kappa shape index (κ2) is 6.79. The molecule has 2 aromatic carbocycles. The van der Waals surface area contributed by atoms with Gasteiger partial charge in [-0.25, -0.2) is 0 Å². The molecule has 0 bridgehead atoms. The highest BCUT2D eigenvalue weighted by Crippen LogP contribution is 2.29. The van der Waals surface area contributed by atoms with Crippen molar-refractivity contribution in [3.63, 3.8) is 0 Å². The Morgan fingerprint density at radius 3 is 2.14 bits per heavy atom. The second-order valence-electron chi connectivity index (χ2n) is 4.81. The van der Waals surface area contributed by atoms with Crippen molar-refractivity contribution in [2.45, 2.75) is 19.1 Å². The van der Waals surface area contributed by atoms with Gasteiger partial charge >= 0.3 is 6.18 Å². The summed E-state index contributed by atoms with van der Waals surface area (Å²) in [5.74, 6) is 0. The third kappa shape index (κ3) is 4.46. The van der Waals surface area contributed by atoms with Crippen LogP contribution in [0.15, 0.2) is 54.6 Å². The molecule has 0 spiro atoms. The fourth-order valence-corrected chi connectivity index (χ4v) is 2.23. The molecule has 0 aliphatic rings. The van der Waals surface area contributed by atoms with Crippen LogP contribution < -0.4 is 10.6 Å². The smallest absolute Gasteiger partial charge is 0.356 e. The van der Waals surface area contributed by atoms with Crippen LogP contribution in [-0.2, 0) is 6.18 Å². The lowest BCUT2D eigenvalue weighted by molar-refractivity contribution is -0.137. The van der Waals surface area contributed by atoms with Gasteiger partial charge in [-0.05, 0) is 49.0 Å². The first-order valence-corrected chi connectivity index (χ1v) is 7.07. The van der Waals surface area contributed by atoms with E-state index in [4.69, 9.17) is 12.2 Å². The largest absolute Gasteiger partial charge is 0.416 e. The minimum Gasteiger partial charge on any atom is -0.356 e. The first kappa shape index (κ1) is 16.3. The first-order chi connectivity index (χ1) is 10.4. The predicted molar refractivity (Wildman–Crippen MR) is 85.7 cm³/mol. The SMILES string of the molecule is C[C@@H](NC(=S)Nc1ccc(C(F)(F)F)cc1)c1ccccc1. The molecule has 0 aromatic heterocycles. The topological polar surface area (TPSA) is 24.1 Å². The molecular formula is C16H15F3N2S. The van der Waals surface area contributed by atoms with Crippen molar-refractivity contribution in [3.05, 3.63) is 65.7 Å². The van der Waals surface area contributed by atoms with E-state index >= 15 is 0 Å². The summed E-state index contributed by atoms with van der Waals surface area (Å²) in [7, 11) is 0. The number of alkyl halides is 3. The van der Waals surface area contributed by atoms with Crippen LogP contribution in [0.3, 0.4) is 0 Å². The maximum atomic E-state index is 12.5. The van der Waals surface area contributed by atoms with Crippen LogP contribution in [-0.4, -0.2) is 5.11 Å². The van der Waals surface area contributed by atoms with Gasteiger partial charge in [0.15, 0.2) is 5.11 Å². The Labute approximate surface area is 132 Å². The predicted octanol–water partition coefficient (Wildman–Crippen LogP) is 4.75. The molecule has 22 heavy (non-hydrogen) atoms. The Bertz CT molecular complexity index is 624. The lowest BCUT2D eigenvalue weighted by atomic mass is 10.1. The molecule has 0 aliphatic heterocycles. The molecule has 2 N–H and O–H groups in total. The fourth-order valence-electron chi connectivity index (χ4n) is 1.93. The summed E-state index contributed by atoms with van der Waals surface area (Å²) < 4.78 is 37.4. The Hall–Kier alpha value is -2.08. The molecule has 2 nitrogen and oxygen atoms in total. The molecule has 0 fully saturated rings. The van der Waals surface area contributed by atoms with Crippen LogP contribution in [0, 0.1) is 0 Å². The van der Waals surface area contributed by atoms with Gasteiger partial charge in [0.2, 0.25) is 0 Å². The van der Waals surface area contributed by atoms with E-state index in [9.17, 15) is 13.2 Å². The molecule has 0 radical (unpaired) electrons. The highest BCUT2D eigenvalue weighted by Gasteiger charge is 2.29. The summed E-state index contributed by atoms with van der Waals surface area (Å²) in [5, 5.41) is 6.32. The van der Waals surface area contributed by atoms with Crippen LogP contribution in [0.5, 0.6) is 0 Å². The van der Waals surface area contributed by atoms with Gasteiger partial charge in [0.1, 0.15) is 0 Å². The molecule has 6 heteroatoms. The van der Waals surface area contributed by atoms with Crippen LogP contribution in [0.1, 0.15) is 24.1 Å². The van der Waals surface area contributed by atoms with Gasteiger partial charge in [0.05, 0.1) is 11.6 Å². The van der Waals surface area contributed by atoms with Crippen molar-refractivity contribution >= 4 is 23.0 Å². The lowest BCUT2D eigenvalue weighted by Crippen LogP contribution is -2.30. The Morgan fingerprint density at radius 1 is 1.00 bits per heavy atom. The summed E-state index contributed by atoms with van der Waals surface area (Å²) in [4.78, 5) is 0. The van der Waals surface area contributed by atoms with Crippen LogP contribution in [0.4, 0.5) is 18.9 Å². The molecule has 116 valence electrons. The van der Waals surface area contributed by atoms with E-state index in [-0.39, 0.29) is 6.04 Å². The molecule has 0 heterocycles. The Balaban J connectivity index is 1.95. The third-order valence-corrected chi connectivity index (χ3v) is 3.34. The minimum absolute atomic E-state index is 0.00403. The van der Waals surface area contributed by atoms with E-state index in [1.54, 1.807) is 0 Å². The minimum atomic E-state index is -4.33. The van der Waals surface area contributed by atoms with Gasteiger partial charge in [-0.2, -0.15) is 13.2 Å². The van der Waals surface area contributed by atoms with Crippen LogP contribution >= 0.6 is 12.2 Å². The zero-order valence-electron chi connectivity index (χ0n) is 11.8. The highest BCUT2D eigenvalue weighted by molar-refractivity contribution is 7.80. The average molecular weight is 324 g/mol. The van der Waals surface area contributed by atoms with Crippen molar-refractivity contribution in [2.75, 3.05) is 5.32 Å². The zero-order valence-corrected chi connectivity index (χ0v) is 12.6. The van der Waals surface area contributed by atoms with Crippen LogP contribution in [0.25, 0.3) is 0 Å². The van der Waals surface area contributed by atoms with E-state index in [0.29, 0.717) is 10.8 Å². The molecule has 2 rings (SSSR count). The maximum absolute atomic E-state index is 12.5. The van der Waals surface area contributed by atoms with Gasteiger partial charge in [0, 0.05) is 5.69 Å². The molecule has 2 aromatic rings. The average Bonchev–Trinajstić information content (AvgIpc) is 2.47. The van der Waals surface area contributed by atoms with Crippen molar-refractivity contribution in [2.24, 2.45) is 0 Å². The van der Waals surface area contributed by atoms with Gasteiger partial charge in [-0.1, -0.05) is 30.3 Å². The maximum Gasteiger partial charge on any atom is 0.416 e. The first-order valence-electron chi connectivity index (χ1n) is 6.66. The van der Waals surface area contributed by atoms with Gasteiger partial charge < -0.3 is 10.6 Å². The van der Waals surface area contributed by atoms with Gasteiger partial charge in [-0.15, -0.1) is 0 Å². The monoisotopic (exact) mass is 324 g/mol. The normalized spacial score (nSPS) is 12.5. The standard InChI is InChI=1S/C16H15F3N2S/c1-11(12-5-3-2-4-6-12)20-15(22)21-14-9-7-13(8-10-14)16(17,18)19/h2-11H,1H3,(H2,20,21,22)/t11-/m1/s1. The summed E-state index contributed by atoms with van der Waals surface area (Å²) in [5.41, 5.74) is 0.888. The van der Waals surface area contributed by atoms with Crippen LogP contribution in [0.2, 0.25) is 0 Å². The van der Waals surface area contributed by atoms with Crippen molar-refractivity contribution in [1.29, 1.82) is 0 Å². The second-order valence-corrected chi connectivity index (χ2v) is 5.21. The van der Waals surface area contributed by atoms with E-state index in [1.807, 2.05) is 37.3 Å². The van der Waals surface area contributed by atoms with Crippen molar-refractivity contribution in [3.8, 4) is 0 Å². The number of rotatable bonds is 3. The molecule has 1 atom stereocenters. The molecule has 0 aliphatic carbocycles. The molecule has 0 saturated carbocycles. The van der Waals surface area contributed by atoms with E-state index in [1.165, 1.54) is 12.1 Å². The molecule has 0 saturated heterocycles. The van der Waals surface area contributed by atoms with E-state index in [2.05, 4.69) is 10.6 Å². The number of benzene rings is 2. The Kier molecular flexibility index (Phi) is 5.03. The van der Waals surface area contributed by atoms with Crippen molar-refractivity contribution in [1.82, 2.24) is 5.32 Å². The molecule has 0 unspecified atom stereocenters. The fraction of sp³-hybridized carbons (Fsp3) is 0.188. The van der Waals surface area contributed by atoms with Crippen molar-refractivity contribution < 1.29 is 13.2 Å². The summed E-state index contributed by atoms with van der Waals surface area (Å²) in [6.07, 6.45) is -4.33.